The number of anilines is 1. The number of non-ortho nitro benzene ring substituents is 1. The van der Waals surface area contributed by atoms with E-state index in [9.17, 15) is 19.7 Å². The number of nitrogens with zero attached hydrogens (tertiary/aromatic N) is 6. The van der Waals surface area contributed by atoms with E-state index in [2.05, 4.69) is 9.97 Å². The Kier molecular flexibility index (Phi) is 7.13. The van der Waals surface area contributed by atoms with Gasteiger partial charge in [-0.15, -0.1) is 0 Å². The van der Waals surface area contributed by atoms with Crippen molar-refractivity contribution in [2.45, 2.75) is 32.7 Å². The lowest BCUT2D eigenvalue weighted by atomic mass is 10.0. The van der Waals surface area contributed by atoms with E-state index in [-0.39, 0.29) is 22.4 Å². The van der Waals surface area contributed by atoms with Gasteiger partial charge in [-0.05, 0) is 50.4 Å². The van der Waals surface area contributed by atoms with Crippen LogP contribution < -0.4 is 25.6 Å². The number of ether oxygens (including phenoxy) is 2. The number of piperidine rings is 1. The summed E-state index contributed by atoms with van der Waals surface area (Å²) in [6.07, 6.45) is 0.960. The highest BCUT2D eigenvalue weighted by Gasteiger charge is 2.27. The Morgan fingerprint density at radius 3 is 2.33 bits per heavy atom. The second-order valence-electron chi connectivity index (χ2n) is 9.19. The number of rotatable bonds is 7. The second kappa shape index (κ2) is 10.5. The maximum Gasteiger partial charge on any atom is 0.331 e. The van der Waals surface area contributed by atoms with Crippen molar-refractivity contribution in [1.82, 2.24) is 19.1 Å². The lowest BCUT2D eigenvalue weighted by Gasteiger charge is -2.34. The van der Waals surface area contributed by atoms with Crippen LogP contribution in [0.3, 0.4) is 0 Å². The molecule has 0 aliphatic carbocycles. The van der Waals surface area contributed by atoms with Gasteiger partial charge in [-0.3, -0.25) is 24.0 Å². The van der Waals surface area contributed by atoms with Crippen molar-refractivity contribution in [2.75, 3.05) is 31.2 Å². The van der Waals surface area contributed by atoms with Crippen molar-refractivity contribution >= 4 is 44.9 Å². The number of hydrogen-bond acceptors (Lipinski definition) is 9. The van der Waals surface area contributed by atoms with E-state index in [1.165, 1.54) is 27.3 Å². The summed E-state index contributed by atoms with van der Waals surface area (Å²) in [6, 6.07) is 7.19. The van der Waals surface area contributed by atoms with Crippen LogP contribution >= 0.6 is 11.6 Å². The molecule has 12 nitrogen and oxygen atoms in total. The lowest BCUT2D eigenvalue weighted by molar-refractivity contribution is -0.384. The van der Waals surface area contributed by atoms with Crippen LogP contribution in [-0.2, 0) is 7.05 Å². The van der Waals surface area contributed by atoms with Crippen LogP contribution in [0.1, 0.15) is 32.7 Å². The summed E-state index contributed by atoms with van der Waals surface area (Å²) in [4.78, 5) is 48.2. The van der Waals surface area contributed by atoms with Gasteiger partial charge in [0.1, 0.15) is 5.82 Å². The number of fused-ring (bicyclic) bond motifs is 2. The molecule has 2 aromatic heterocycles. The van der Waals surface area contributed by atoms with E-state index in [4.69, 9.17) is 21.1 Å². The molecule has 3 heterocycles. The highest BCUT2D eigenvalue weighted by molar-refractivity contribution is 6.28. The number of aryl methyl sites for hydroxylation is 1. The number of benzene rings is 2. The molecule has 1 fully saturated rings. The Labute approximate surface area is 227 Å². The van der Waals surface area contributed by atoms with Crippen molar-refractivity contribution in [3.05, 3.63) is 66.6 Å². The number of nitro benzene ring substituents is 1. The smallest absolute Gasteiger partial charge is 0.331 e. The molecule has 13 heteroatoms. The van der Waals surface area contributed by atoms with E-state index in [0.29, 0.717) is 67.5 Å². The maximum absolute atomic E-state index is 13.4. The minimum absolute atomic E-state index is 0.0902. The largest absolute Gasteiger partial charge is 0.490 e. The van der Waals surface area contributed by atoms with Gasteiger partial charge in [0.2, 0.25) is 5.28 Å². The molecule has 0 bridgehead atoms. The summed E-state index contributed by atoms with van der Waals surface area (Å²) in [5.41, 5.74) is -0.232. The zero-order valence-corrected chi connectivity index (χ0v) is 22.5. The predicted octanol–water partition coefficient (Wildman–Crippen LogP) is 3.84. The molecule has 0 spiro atoms. The fourth-order valence-electron chi connectivity index (χ4n) is 5.11. The van der Waals surface area contributed by atoms with Gasteiger partial charge in [0.25, 0.3) is 11.2 Å². The van der Waals surface area contributed by atoms with Crippen LogP contribution in [0.5, 0.6) is 11.5 Å². The van der Waals surface area contributed by atoms with E-state index in [0.717, 1.165) is 5.39 Å². The fourth-order valence-corrected chi connectivity index (χ4v) is 5.28. The quantitative estimate of drug-likeness (QED) is 0.190. The zero-order chi connectivity index (χ0) is 27.8. The van der Waals surface area contributed by atoms with Gasteiger partial charge in [-0.2, -0.15) is 4.98 Å². The summed E-state index contributed by atoms with van der Waals surface area (Å²) in [5, 5.41) is 12.3. The normalized spacial score (nSPS) is 14.2. The second-order valence-corrected chi connectivity index (χ2v) is 9.53. The third-order valence-electron chi connectivity index (χ3n) is 6.94. The maximum atomic E-state index is 13.4. The van der Waals surface area contributed by atoms with Gasteiger partial charge >= 0.3 is 5.69 Å². The van der Waals surface area contributed by atoms with Crippen LogP contribution in [0, 0.1) is 10.1 Å². The minimum atomic E-state index is -0.557. The molecule has 1 saturated heterocycles. The minimum Gasteiger partial charge on any atom is -0.490 e. The van der Waals surface area contributed by atoms with E-state index < -0.39 is 16.2 Å². The fraction of sp³-hybridized carbons (Fsp3) is 0.385. The van der Waals surface area contributed by atoms with Gasteiger partial charge in [0.05, 0.1) is 34.6 Å². The Bertz CT molecular complexity index is 1710. The molecule has 204 valence electrons. The average Bonchev–Trinajstić information content (AvgIpc) is 2.92. The molecule has 4 aromatic rings. The Morgan fingerprint density at radius 2 is 1.69 bits per heavy atom. The first-order valence-corrected chi connectivity index (χ1v) is 13.0. The van der Waals surface area contributed by atoms with Crippen molar-refractivity contribution in [1.29, 1.82) is 0 Å². The summed E-state index contributed by atoms with van der Waals surface area (Å²) < 4.78 is 14.1. The van der Waals surface area contributed by atoms with Crippen molar-refractivity contribution in [2.24, 2.45) is 7.05 Å². The van der Waals surface area contributed by atoms with E-state index in [1.807, 2.05) is 24.8 Å². The molecule has 0 amide bonds. The third-order valence-corrected chi connectivity index (χ3v) is 7.11. The molecular formula is C26H27ClN6O6. The molecule has 0 atom stereocenters. The molecule has 1 aliphatic rings. The molecule has 2 aromatic carbocycles. The van der Waals surface area contributed by atoms with Gasteiger partial charge in [-0.25, -0.2) is 9.78 Å². The molecule has 0 radical (unpaired) electrons. The Morgan fingerprint density at radius 1 is 1.03 bits per heavy atom. The summed E-state index contributed by atoms with van der Waals surface area (Å²) in [6.45, 7) is 5.68. The van der Waals surface area contributed by atoms with E-state index >= 15 is 0 Å². The topological polar surface area (TPSA) is 135 Å². The molecule has 0 N–H and O–H groups in total. The molecule has 39 heavy (non-hydrogen) atoms. The molecule has 5 rings (SSSR count). The molecule has 1 aliphatic heterocycles. The van der Waals surface area contributed by atoms with Gasteiger partial charge in [0.15, 0.2) is 11.5 Å². The van der Waals surface area contributed by atoms with Crippen LogP contribution in [-0.4, -0.2) is 50.3 Å². The van der Waals surface area contributed by atoms with Crippen LogP contribution in [0.2, 0.25) is 5.28 Å². The van der Waals surface area contributed by atoms with Crippen molar-refractivity contribution < 1.29 is 14.4 Å². The third kappa shape index (κ3) is 4.76. The number of halogens is 1. The van der Waals surface area contributed by atoms with Crippen LogP contribution in [0.4, 0.5) is 11.5 Å². The van der Waals surface area contributed by atoms with E-state index in [1.54, 1.807) is 13.1 Å². The summed E-state index contributed by atoms with van der Waals surface area (Å²) in [5.74, 6) is 1.77. The first kappa shape index (κ1) is 26.4. The summed E-state index contributed by atoms with van der Waals surface area (Å²) >= 11 is 6.29. The Hall–Kier alpha value is -4.19. The SMILES string of the molecule is CCOc1cc2nc(Cl)nc(N3CCC(n4c(=O)c5cc([N+](=O)[O-])ccc5n(C)c4=O)CC3)c2cc1OCC. The lowest BCUT2D eigenvalue weighted by Crippen LogP contribution is -2.45. The Balaban J connectivity index is 1.50. The van der Waals surface area contributed by atoms with Crippen molar-refractivity contribution in [3.8, 4) is 11.5 Å². The number of aromatic nitrogens is 4. The highest BCUT2D eigenvalue weighted by Crippen LogP contribution is 2.37. The predicted molar refractivity (Wildman–Crippen MR) is 147 cm³/mol. The molecule has 0 unspecified atom stereocenters. The first-order valence-electron chi connectivity index (χ1n) is 12.6. The van der Waals surface area contributed by atoms with Crippen LogP contribution in [0.15, 0.2) is 39.9 Å². The first-order chi connectivity index (χ1) is 18.7. The average molecular weight is 555 g/mol. The van der Waals surface area contributed by atoms with Crippen molar-refractivity contribution in [3.63, 3.8) is 0 Å². The van der Waals surface area contributed by atoms with Gasteiger partial charge < -0.3 is 14.4 Å². The standard InChI is InChI=1S/C26H27ClN6O6/c1-4-38-21-13-17-19(14-22(21)39-5-2)28-25(27)29-23(17)31-10-8-15(9-11-31)32-24(34)18-12-16(33(36)37)6-7-20(18)30(3)26(32)35/h6-7,12-15H,4-5,8-11H2,1-3H3. The number of nitro groups is 1. The summed E-state index contributed by atoms with van der Waals surface area (Å²) in [7, 11) is 1.56. The number of hydrogen-bond donors (Lipinski definition) is 0. The van der Waals surface area contributed by atoms with Crippen LogP contribution in [0.25, 0.3) is 21.8 Å². The monoisotopic (exact) mass is 554 g/mol. The van der Waals surface area contributed by atoms with Gasteiger partial charge in [-0.1, -0.05) is 0 Å². The highest BCUT2D eigenvalue weighted by atomic mass is 35.5. The molecule has 0 saturated carbocycles. The molecular weight excluding hydrogens is 528 g/mol. The van der Waals surface area contributed by atoms with Gasteiger partial charge in [0, 0.05) is 49.8 Å². The zero-order valence-electron chi connectivity index (χ0n) is 21.7.